The van der Waals surface area contributed by atoms with Crippen LogP contribution in [0, 0.1) is 5.92 Å². The van der Waals surface area contributed by atoms with Crippen LogP contribution in [0.4, 0.5) is 0 Å². The molecule has 0 radical (unpaired) electrons. The second-order valence-corrected chi connectivity index (χ2v) is 6.24. The van der Waals surface area contributed by atoms with Crippen LogP contribution in [0.3, 0.4) is 0 Å². The molecule has 0 aromatic heterocycles. The monoisotopic (exact) mass is 290 g/mol. The SMILES string of the molecule is CC1CCC(C)(NC(=O)CCCCCCN)CC1.Cl. The predicted molar refractivity (Wildman–Crippen MR) is 83.6 cm³/mol. The first-order valence-corrected chi connectivity index (χ1v) is 7.57. The van der Waals surface area contributed by atoms with Gasteiger partial charge in [0.15, 0.2) is 0 Å². The molecule has 114 valence electrons. The lowest BCUT2D eigenvalue weighted by molar-refractivity contribution is -0.123. The van der Waals surface area contributed by atoms with Crippen molar-refractivity contribution in [2.75, 3.05) is 6.54 Å². The summed E-state index contributed by atoms with van der Waals surface area (Å²) < 4.78 is 0. The molecule has 1 aliphatic carbocycles. The summed E-state index contributed by atoms with van der Waals surface area (Å²) in [6.07, 6.45) is 9.78. The zero-order chi connectivity index (χ0) is 13.4. The summed E-state index contributed by atoms with van der Waals surface area (Å²) in [7, 11) is 0. The van der Waals surface area contributed by atoms with Gasteiger partial charge in [-0.1, -0.05) is 19.8 Å². The Hall–Kier alpha value is -0.280. The van der Waals surface area contributed by atoms with Gasteiger partial charge in [-0.15, -0.1) is 12.4 Å². The molecule has 1 aliphatic rings. The Kier molecular flexibility index (Phi) is 9.46. The lowest BCUT2D eigenvalue weighted by Gasteiger charge is -2.37. The molecule has 0 unspecified atom stereocenters. The van der Waals surface area contributed by atoms with Crippen molar-refractivity contribution in [1.82, 2.24) is 5.32 Å². The Morgan fingerprint density at radius 1 is 1.21 bits per heavy atom. The van der Waals surface area contributed by atoms with Gasteiger partial charge < -0.3 is 11.1 Å². The molecule has 0 spiro atoms. The zero-order valence-corrected chi connectivity index (χ0v) is 13.4. The van der Waals surface area contributed by atoms with Crippen LogP contribution >= 0.6 is 12.4 Å². The van der Waals surface area contributed by atoms with Crippen molar-refractivity contribution in [3.05, 3.63) is 0 Å². The number of carbonyl (C=O) groups is 1. The minimum Gasteiger partial charge on any atom is -0.351 e. The number of rotatable bonds is 7. The number of nitrogens with two attached hydrogens (primary N) is 1. The van der Waals surface area contributed by atoms with Crippen molar-refractivity contribution >= 4 is 18.3 Å². The van der Waals surface area contributed by atoms with E-state index in [1.807, 2.05) is 0 Å². The number of carbonyl (C=O) groups excluding carboxylic acids is 1. The first-order chi connectivity index (χ1) is 8.56. The van der Waals surface area contributed by atoms with Gasteiger partial charge in [-0.25, -0.2) is 0 Å². The Labute approximate surface area is 124 Å². The van der Waals surface area contributed by atoms with Crippen LogP contribution < -0.4 is 11.1 Å². The number of amides is 1. The summed E-state index contributed by atoms with van der Waals surface area (Å²) >= 11 is 0. The lowest BCUT2D eigenvalue weighted by Crippen LogP contribution is -2.48. The molecular weight excluding hydrogens is 260 g/mol. The van der Waals surface area contributed by atoms with Crippen LogP contribution in [0.15, 0.2) is 0 Å². The van der Waals surface area contributed by atoms with Crippen molar-refractivity contribution in [3.8, 4) is 0 Å². The Morgan fingerprint density at radius 3 is 2.37 bits per heavy atom. The fourth-order valence-electron chi connectivity index (χ4n) is 2.71. The quantitative estimate of drug-likeness (QED) is 0.706. The first-order valence-electron chi connectivity index (χ1n) is 7.57. The van der Waals surface area contributed by atoms with Crippen molar-refractivity contribution in [2.24, 2.45) is 11.7 Å². The molecule has 0 saturated heterocycles. The highest BCUT2D eigenvalue weighted by Crippen LogP contribution is 2.31. The molecule has 0 aliphatic heterocycles. The molecule has 1 rings (SSSR count). The van der Waals surface area contributed by atoms with Crippen molar-refractivity contribution in [3.63, 3.8) is 0 Å². The topological polar surface area (TPSA) is 55.1 Å². The van der Waals surface area contributed by atoms with Gasteiger partial charge >= 0.3 is 0 Å². The molecule has 0 atom stereocenters. The van der Waals surface area contributed by atoms with E-state index in [4.69, 9.17) is 5.73 Å². The largest absolute Gasteiger partial charge is 0.351 e. The van der Waals surface area contributed by atoms with Crippen LogP contribution in [0.2, 0.25) is 0 Å². The molecular formula is C15H31ClN2O. The molecule has 1 saturated carbocycles. The van der Waals surface area contributed by atoms with E-state index in [9.17, 15) is 4.79 Å². The average Bonchev–Trinajstić information content (AvgIpc) is 2.33. The molecule has 3 N–H and O–H groups in total. The van der Waals surface area contributed by atoms with E-state index in [2.05, 4.69) is 19.2 Å². The van der Waals surface area contributed by atoms with Crippen LogP contribution in [-0.4, -0.2) is 18.0 Å². The minimum atomic E-state index is 0. The van der Waals surface area contributed by atoms with Gasteiger partial charge in [-0.3, -0.25) is 4.79 Å². The van der Waals surface area contributed by atoms with E-state index < -0.39 is 0 Å². The van der Waals surface area contributed by atoms with Crippen LogP contribution in [0.5, 0.6) is 0 Å². The Bertz CT molecular complexity index is 251. The fourth-order valence-corrected chi connectivity index (χ4v) is 2.71. The van der Waals surface area contributed by atoms with Gasteiger partial charge in [0.25, 0.3) is 0 Å². The summed E-state index contributed by atoms with van der Waals surface area (Å²) in [4.78, 5) is 11.9. The summed E-state index contributed by atoms with van der Waals surface area (Å²) in [6, 6.07) is 0. The van der Waals surface area contributed by atoms with E-state index in [1.165, 1.54) is 12.8 Å². The average molecular weight is 291 g/mol. The van der Waals surface area contributed by atoms with E-state index in [1.54, 1.807) is 0 Å². The van der Waals surface area contributed by atoms with Gasteiger partial charge in [-0.05, 0) is 57.9 Å². The Balaban J connectivity index is 0.00000324. The lowest BCUT2D eigenvalue weighted by atomic mass is 9.78. The summed E-state index contributed by atoms with van der Waals surface area (Å²) in [5, 5.41) is 3.24. The zero-order valence-electron chi connectivity index (χ0n) is 12.5. The summed E-state index contributed by atoms with van der Waals surface area (Å²) in [5.41, 5.74) is 5.50. The number of halogens is 1. The second kappa shape index (κ2) is 9.60. The van der Waals surface area contributed by atoms with Crippen molar-refractivity contribution in [1.29, 1.82) is 0 Å². The molecule has 4 heteroatoms. The van der Waals surface area contributed by atoms with Gasteiger partial charge in [-0.2, -0.15) is 0 Å². The second-order valence-electron chi connectivity index (χ2n) is 6.24. The van der Waals surface area contributed by atoms with E-state index in [0.29, 0.717) is 6.42 Å². The first kappa shape index (κ1) is 18.7. The fraction of sp³-hybridized carbons (Fsp3) is 0.933. The number of hydrogen-bond acceptors (Lipinski definition) is 2. The van der Waals surface area contributed by atoms with E-state index in [0.717, 1.165) is 51.0 Å². The van der Waals surface area contributed by atoms with Crippen LogP contribution in [0.1, 0.15) is 71.6 Å². The third-order valence-electron chi connectivity index (χ3n) is 4.18. The van der Waals surface area contributed by atoms with Gasteiger partial charge in [0.1, 0.15) is 0 Å². The van der Waals surface area contributed by atoms with Gasteiger partial charge in [0.05, 0.1) is 0 Å². The molecule has 3 nitrogen and oxygen atoms in total. The van der Waals surface area contributed by atoms with Gasteiger partial charge in [0, 0.05) is 12.0 Å². The maximum Gasteiger partial charge on any atom is 0.220 e. The predicted octanol–water partition coefficient (Wildman–Crippen LogP) is 3.40. The van der Waals surface area contributed by atoms with E-state index in [-0.39, 0.29) is 23.9 Å². The highest BCUT2D eigenvalue weighted by atomic mass is 35.5. The summed E-state index contributed by atoms with van der Waals surface area (Å²) in [5.74, 6) is 1.06. The molecule has 0 bridgehead atoms. The van der Waals surface area contributed by atoms with Crippen LogP contribution in [-0.2, 0) is 4.79 Å². The number of unbranched alkanes of at least 4 members (excludes halogenated alkanes) is 3. The highest BCUT2D eigenvalue weighted by Gasteiger charge is 2.30. The molecule has 0 aromatic rings. The molecule has 19 heavy (non-hydrogen) atoms. The molecule has 0 heterocycles. The molecule has 0 aromatic carbocycles. The van der Waals surface area contributed by atoms with E-state index >= 15 is 0 Å². The Morgan fingerprint density at radius 2 is 1.79 bits per heavy atom. The normalized spacial score (nSPS) is 26.6. The summed E-state index contributed by atoms with van der Waals surface area (Å²) in [6.45, 7) is 5.27. The third-order valence-corrected chi connectivity index (χ3v) is 4.18. The number of hydrogen-bond donors (Lipinski definition) is 2. The van der Waals surface area contributed by atoms with Crippen molar-refractivity contribution < 1.29 is 4.79 Å². The minimum absolute atomic E-state index is 0. The standard InChI is InChI=1S/C15H30N2O.ClH/c1-13-8-10-15(2,11-9-13)17-14(18)7-5-3-4-6-12-16;/h13H,3-12,16H2,1-2H3,(H,17,18);1H. The molecule has 1 fully saturated rings. The third kappa shape index (κ3) is 7.78. The highest BCUT2D eigenvalue weighted by molar-refractivity contribution is 5.85. The maximum atomic E-state index is 11.9. The van der Waals surface area contributed by atoms with Crippen molar-refractivity contribution in [2.45, 2.75) is 77.2 Å². The van der Waals surface area contributed by atoms with Gasteiger partial charge in [0.2, 0.25) is 5.91 Å². The maximum absolute atomic E-state index is 11.9. The smallest absolute Gasteiger partial charge is 0.220 e. The molecule has 1 amide bonds. The number of nitrogens with one attached hydrogen (secondary N) is 1. The van der Waals surface area contributed by atoms with Crippen LogP contribution in [0.25, 0.3) is 0 Å².